The van der Waals surface area contributed by atoms with E-state index in [0.29, 0.717) is 6.42 Å². The average molecular weight is 243 g/mol. The van der Waals surface area contributed by atoms with Gasteiger partial charge in [-0.3, -0.25) is 4.79 Å². The second-order valence-electron chi connectivity index (χ2n) is 5.12. The molecule has 0 aromatic heterocycles. The predicted molar refractivity (Wildman–Crippen MR) is 71.5 cm³/mol. The summed E-state index contributed by atoms with van der Waals surface area (Å²) >= 11 is 0. The van der Waals surface area contributed by atoms with Crippen molar-refractivity contribution in [2.75, 3.05) is 17.3 Å². The summed E-state index contributed by atoms with van der Waals surface area (Å²) in [5.41, 5.74) is 2.47. The number of carbonyl (C=O) groups excluding carboxylic acids is 1. The molecule has 0 spiro atoms. The van der Waals surface area contributed by atoms with Crippen LogP contribution in [0.15, 0.2) is 18.2 Å². The van der Waals surface area contributed by atoms with Crippen molar-refractivity contribution in [3.63, 3.8) is 0 Å². The molecule has 1 aromatic carbocycles. The van der Waals surface area contributed by atoms with E-state index in [1.165, 1.54) is 0 Å². The number of carbonyl (C=O) groups is 1. The van der Waals surface area contributed by atoms with Gasteiger partial charge in [0.1, 0.15) is 5.54 Å². The van der Waals surface area contributed by atoms with Gasteiger partial charge in [0.2, 0.25) is 5.91 Å². The molecule has 0 saturated heterocycles. The summed E-state index contributed by atoms with van der Waals surface area (Å²) in [6.45, 7) is 3.77. The number of rotatable bonds is 2. The van der Waals surface area contributed by atoms with Gasteiger partial charge in [-0.05, 0) is 44.0 Å². The molecule has 0 bridgehead atoms. The van der Waals surface area contributed by atoms with Crippen molar-refractivity contribution in [2.24, 2.45) is 0 Å². The molecule has 1 heterocycles. The summed E-state index contributed by atoms with van der Waals surface area (Å²) in [5.74, 6) is 0.0703. The number of aryl methyl sites for hydroxylation is 1. The van der Waals surface area contributed by atoms with Gasteiger partial charge in [0, 0.05) is 24.8 Å². The smallest absolute Gasteiger partial charge is 0.224 e. The van der Waals surface area contributed by atoms with E-state index in [1.54, 1.807) is 0 Å². The summed E-state index contributed by atoms with van der Waals surface area (Å²) < 4.78 is 0. The van der Waals surface area contributed by atoms with Crippen molar-refractivity contribution in [1.82, 2.24) is 0 Å². The highest BCUT2D eigenvalue weighted by Gasteiger charge is 2.24. The third-order valence-electron chi connectivity index (χ3n) is 3.48. The van der Waals surface area contributed by atoms with Crippen molar-refractivity contribution in [2.45, 2.75) is 32.2 Å². The van der Waals surface area contributed by atoms with Crippen molar-refractivity contribution < 1.29 is 4.79 Å². The van der Waals surface area contributed by atoms with Gasteiger partial charge in [-0.1, -0.05) is 0 Å². The fourth-order valence-corrected chi connectivity index (χ4v) is 1.98. The number of hydrogen-bond donors (Lipinski definition) is 1. The zero-order chi connectivity index (χ0) is 13.3. The highest BCUT2D eigenvalue weighted by Crippen LogP contribution is 2.29. The van der Waals surface area contributed by atoms with E-state index in [4.69, 9.17) is 5.26 Å². The van der Waals surface area contributed by atoms with Crippen LogP contribution in [-0.2, 0) is 11.2 Å². The van der Waals surface area contributed by atoms with Crippen LogP contribution in [0.1, 0.15) is 25.8 Å². The molecule has 1 N–H and O–H groups in total. The number of nitrogens with one attached hydrogen (secondary N) is 1. The molecule has 1 aromatic rings. The van der Waals surface area contributed by atoms with Crippen LogP contribution in [0, 0.1) is 11.3 Å². The Hall–Kier alpha value is -2.02. The fraction of sp³-hybridized carbons (Fsp3) is 0.429. The monoisotopic (exact) mass is 243 g/mol. The van der Waals surface area contributed by atoms with Crippen molar-refractivity contribution in [3.8, 4) is 6.07 Å². The van der Waals surface area contributed by atoms with Crippen molar-refractivity contribution in [1.29, 1.82) is 5.26 Å². The Kier molecular flexibility index (Phi) is 3.00. The van der Waals surface area contributed by atoms with E-state index < -0.39 is 5.54 Å². The van der Waals surface area contributed by atoms with Crippen LogP contribution in [0.4, 0.5) is 11.4 Å². The second kappa shape index (κ2) is 4.34. The molecule has 1 aliphatic rings. The average Bonchev–Trinajstić information content (AvgIpc) is 2.37. The summed E-state index contributed by atoms with van der Waals surface area (Å²) in [5, 5.41) is 12.0. The maximum atomic E-state index is 11.3. The van der Waals surface area contributed by atoms with Gasteiger partial charge in [0.25, 0.3) is 0 Å². The summed E-state index contributed by atoms with van der Waals surface area (Å²) in [6.07, 6.45) is 1.29. The van der Waals surface area contributed by atoms with Gasteiger partial charge in [-0.25, -0.2) is 0 Å². The van der Waals surface area contributed by atoms with Crippen LogP contribution >= 0.6 is 0 Å². The first-order valence-corrected chi connectivity index (χ1v) is 6.02. The van der Waals surface area contributed by atoms with E-state index in [9.17, 15) is 4.79 Å². The van der Waals surface area contributed by atoms with E-state index in [1.807, 2.05) is 44.0 Å². The lowest BCUT2D eigenvalue weighted by Gasteiger charge is -2.32. The number of benzene rings is 1. The maximum absolute atomic E-state index is 11.3. The molecule has 0 aliphatic carbocycles. The Morgan fingerprint density at radius 2 is 2.11 bits per heavy atom. The van der Waals surface area contributed by atoms with Gasteiger partial charge in [0.15, 0.2) is 0 Å². The summed E-state index contributed by atoms with van der Waals surface area (Å²) in [7, 11) is 1.91. The molecule has 0 radical (unpaired) electrons. The molecule has 0 atom stereocenters. The SMILES string of the molecule is CN(c1ccc2c(c1)CCC(=O)N2)C(C)(C)C#N. The standard InChI is InChI=1S/C14H17N3O/c1-14(2,9-15)17(3)11-5-6-12-10(8-11)4-7-13(18)16-12/h5-6,8H,4,7H2,1-3H3,(H,16,18). The lowest BCUT2D eigenvalue weighted by atomic mass is 10.00. The lowest BCUT2D eigenvalue weighted by Crippen LogP contribution is -2.39. The molecule has 1 aliphatic heterocycles. The largest absolute Gasteiger partial charge is 0.357 e. The molecule has 0 unspecified atom stereocenters. The van der Waals surface area contributed by atoms with Crippen molar-refractivity contribution >= 4 is 17.3 Å². The molecular weight excluding hydrogens is 226 g/mol. The molecule has 4 nitrogen and oxygen atoms in total. The highest BCUT2D eigenvalue weighted by atomic mass is 16.1. The fourth-order valence-electron chi connectivity index (χ4n) is 1.98. The number of hydrogen-bond acceptors (Lipinski definition) is 3. The van der Waals surface area contributed by atoms with Crippen LogP contribution in [0.25, 0.3) is 0 Å². The Morgan fingerprint density at radius 3 is 2.78 bits per heavy atom. The van der Waals surface area contributed by atoms with Gasteiger partial charge in [-0.2, -0.15) is 5.26 Å². The number of nitriles is 1. The van der Waals surface area contributed by atoms with Crippen molar-refractivity contribution in [3.05, 3.63) is 23.8 Å². The van der Waals surface area contributed by atoms with E-state index >= 15 is 0 Å². The first kappa shape index (κ1) is 12.4. The molecule has 0 fully saturated rings. The summed E-state index contributed by atoms with van der Waals surface area (Å²) in [4.78, 5) is 13.2. The zero-order valence-corrected chi connectivity index (χ0v) is 10.9. The minimum absolute atomic E-state index is 0.0703. The van der Waals surface area contributed by atoms with Gasteiger partial charge >= 0.3 is 0 Å². The minimum Gasteiger partial charge on any atom is -0.357 e. The quantitative estimate of drug-likeness (QED) is 0.867. The third kappa shape index (κ3) is 2.17. The molecule has 2 rings (SSSR count). The normalized spacial score (nSPS) is 14.4. The maximum Gasteiger partial charge on any atom is 0.224 e. The highest BCUT2D eigenvalue weighted by molar-refractivity contribution is 5.94. The van der Waals surface area contributed by atoms with Crippen LogP contribution in [0.5, 0.6) is 0 Å². The van der Waals surface area contributed by atoms with Crippen LogP contribution in [0.3, 0.4) is 0 Å². The first-order chi connectivity index (χ1) is 8.44. The molecule has 18 heavy (non-hydrogen) atoms. The Morgan fingerprint density at radius 1 is 1.39 bits per heavy atom. The van der Waals surface area contributed by atoms with Crippen LogP contribution in [-0.4, -0.2) is 18.5 Å². The number of fused-ring (bicyclic) bond motifs is 1. The summed E-state index contributed by atoms with van der Waals surface area (Å²) in [6, 6.07) is 8.17. The number of anilines is 2. The second-order valence-corrected chi connectivity index (χ2v) is 5.12. The van der Waals surface area contributed by atoms with E-state index in [2.05, 4.69) is 11.4 Å². The Balaban J connectivity index is 2.33. The first-order valence-electron chi connectivity index (χ1n) is 6.02. The van der Waals surface area contributed by atoms with Gasteiger partial charge < -0.3 is 10.2 Å². The minimum atomic E-state index is -0.549. The Labute approximate surface area is 107 Å². The van der Waals surface area contributed by atoms with Gasteiger partial charge in [0.05, 0.1) is 6.07 Å². The molecule has 94 valence electrons. The van der Waals surface area contributed by atoms with Crippen LogP contribution < -0.4 is 10.2 Å². The van der Waals surface area contributed by atoms with E-state index in [-0.39, 0.29) is 5.91 Å². The lowest BCUT2D eigenvalue weighted by molar-refractivity contribution is -0.116. The van der Waals surface area contributed by atoms with Gasteiger partial charge in [-0.15, -0.1) is 0 Å². The molecule has 4 heteroatoms. The third-order valence-corrected chi connectivity index (χ3v) is 3.48. The Bertz CT molecular complexity index is 528. The van der Waals surface area contributed by atoms with E-state index in [0.717, 1.165) is 23.4 Å². The molecule has 0 saturated carbocycles. The topological polar surface area (TPSA) is 56.1 Å². The van der Waals surface area contributed by atoms with Crippen LogP contribution in [0.2, 0.25) is 0 Å². The zero-order valence-electron chi connectivity index (χ0n) is 10.9. The predicted octanol–water partition coefficient (Wildman–Crippen LogP) is 2.31. The number of nitrogens with zero attached hydrogens (tertiary/aromatic N) is 2. The molecule has 1 amide bonds. The number of amides is 1. The molecular formula is C14H17N3O.